The van der Waals surface area contributed by atoms with E-state index in [1.165, 1.54) is 12.8 Å². The molecule has 1 saturated carbocycles. The minimum Gasteiger partial charge on any atom is -0.474 e. The Kier molecular flexibility index (Phi) is 7.28. The van der Waals surface area contributed by atoms with E-state index < -0.39 is 0 Å². The Balaban J connectivity index is 1.62. The summed E-state index contributed by atoms with van der Waals surface area (Å²) in [5.74, 6) is 2.57. The molecule has 7 nitrogen and oxygen atoms in total. The highest BCUT2D eigenvalue weighted by molar-refractivity contribution is 5.79. The first-order valence-electron chi connectivity index (χ1n) is 10.2. The second-order valence-corrected chi connectivity index (χ2v) is 7.41. The number of guanidine groups is 1. The Bertz CT molecular complexity index is 766. The molecular weight excluding hydrogens is 354 g/mol. The molecule has 28 heavy (non-hydrogen) atoms. The van der Waals surface area contributed by atoms with Crippen molar-refractivity contribution in [1.82, 2.24) is 20.8 Å². The van der Waals surface area contributed by atoms with E-state index in [4.69, 9.17) is 9.26 Å². The lowest BCUT2D eigenvalue weighted by molar-refractivity contribution is 0.199. The highest BCUT2D eigenvalue weighted by Crippen LogP contribution is 2.25. The van der Waals surface area contributed by atoms with Crippen molar-refractivity contribution in [3.63, 3.8) is 0 Å². The van der Waals surface area contributed by atoms with Gasteiger partial charge >= 0.3 is 0 Å². The summed E-state index contributed by atoms with van der Waals surface area (Å²) in [6, 6.07) is 5.93. The maximum Gasteiger partial charge on any atom is 0.218 e. The van der Waals surface area contributed by atoms with E-state index in [0.717, 1.165) is 42.4 Å². The standard InChI is InChI=1S/C21H31N5O2/c1-4-22-21(25-14-18-12-19(15(2)3)26-28-18)24-13-16-8-7-11-23-20(16)27-17-9-5-6-10-17/h7-8,11-12,15,17H,4-6,9-10,13-14H2,1-3H3,(H2,22,24,25). The van der Waals surface area contributed by atoms with Gasteiger partial charge in [-0.2, -0.15) is 0 Å². The first kappa shape index (κ1) is 20.2. The van der Waals surface area contributed by atoms with Gasteiger partial charge < -0.3 is 19.9 Å². The average Bonchev–Trinajstić information content (AvgIpc) is 3.37. The predicted molar refractivity (Wildman–Crippen MR) is 109 cm³/mol. The summed E-state index contributed by atoms with van der Waals surface area (Å²) in [6.07, 6.45) is 6.75. The summed E-state index contributed by atoms with van der Waals surface area (Å²) in [4.78, 5) is 9.11. The lowest BCUT2D eigenvalue weighted by Crippen LogP contribution is -2.36. The van der Waals surface area contributed by atoms with Crippen molar-refractivity contribution >= 4 is 5.96 Å². The second kappa shape index (κ2) is 10.1. The zero-order valence-electron chi connectivity index (χ0n) is 17.1. The zero-order chi connectivity index (χ0) is 19.8. The number of hydrogen-bond donors (Lipinski definition) is 2. The van der Waals surface area contributed by atoms with Gasteiger partial charge in [-0.05, 0) is 44.6 Å². The van der Waals surface area contributed by atoms with E-state index in [-0.39, 0.29) is 6.10 Å². The smallest absolute Gasteiger partial charge is 0.218 e. The van der Waals surface area contributed by atoms with Gasteiger partial charge in [-0.25, -0.2) is 9.98 Å². The summed E-state index contributed by atoms with van der Waals surface area (Å²) in [5, 5.41) is 10.7. The van der Waals surface area contributed by atoms with Crippen LogP contribution in [0.3, 0.4) is 0 Å². The topological polar surface area (TPSA) is 84.6 Å². The van der Waals surface area contributed by atoms with Crippen molar-refractivity contribution in [1.29, 1.82) is 0 Å². The van der Waals surface area contributed by atoms with E-state index in [9.17, 15) is 0 Å². The second-order valence-electron chi connectivity index (χ2n) is 7.41. The van der Waals surface area contributed by atoms with Crippen LogP contribution in [0.4, 0.5) is 0 Å². The third-order valence-electron chi connectivity index (χ3n) is 4.78. The van der Waals surface area contributed by atoms with Gasteiger partial charge in [-0.1, -0.05) is 25.1 Å². The molecule has 1 aliphatic carbocycles. The van der Waals surface area contributed by atoms with E-state index in [1.54, 1.807) is 6.20 Å². The number of rotatable bonds is 8. The molecule has 0 aliphatic heterocycles. The van der Waals surface area contributed by atoms with Gasteiger partial charge in [0.05, 0.1) is 18.8 Å². The lowest BCUT2D eigenvalue weighted by Gasteiger charge is -2.15. The fourth-order valence-corrected chi connectivity index (χ4v) is 3.18. The Labute approximate surface area is 167 Å². The number of nitrogens with one attached hydrogen (secondary N) is 2. The van der Waals surface area contributed by atoms with E-state index in [1.807, 2.05) is 25.1 Å². The van der Waals surface area contributed by atoms with Gasteiger partial charge in [0.1, 0.15) is 6.10 Å². The van der Waals surface area contributed by atoms with Gasteiger partial charge in [0.15, 0.2) is 11.7 Å². The van der Waals surface area contributed by atoms with Crippen LogP contribution in [0.5, 0.6) is 5.88 Å². The number of aromatic nitrogens is 2. The van der Waals surface area contributed by atoms with Crippen LogP contribution in [0.15, 0.2) is 33.9 Å². The van der Waals surface area contributed by atoms with Crippen molar-refractivity contribution in [2.24, 2.45) is 4.99 Å². The number of pyridine rings is 1. The van der Waals surface area contributed by atoms with Crippen molar-refractivity contribution in [2.75, 3.05) is 6.54 Å². The molecule has 0 spiro atoms. The predicted octanol–water partition coefficient (Wildman–Crippen LogP) is 3.77. The van der Waals surface area contributed by atoms with E-state index in [0.29, 0.717) is 24.9 Å². The summed E-state index contributed by atoms with van der Waals surface area (Å²) < 4.78 is 11.5. The minimum atomic E-state index is 0.283. The molecule has 0 atom stereocenters. The molecule has 2 aromatic rings. The van der Waals surface area contributed by atoms with Crippen LogP contribution in [0.1, 0.15) is 69.4 Å². The first-order valence-corrected chi connectivity index (χ1v) is 10.2. The molecule has 0 aromatic carbocycles. The average molecular weight is 386 g/mol. The quantitative estimate of drug-likeness (QED) is 0.531. The summed E-state index contributed by atoms with van der Waals surface area (Å²) in [7, 11) is 0. The first-order chi connectivity index (χ1) is 13.7. The highest BCUT2D eigenvalue weighted by atomic mass is 16.5. The van der Waals surface area contributed by atoms with Crippen LogP contribution >= 0.6 is 0 Å². The molecule has 0 radical (unpaired) electrons. The third-order valence-corrected chi connectivity index (χ3v) is 4.78. The van der Waals surface area contributed by atoms with Crippen molar-refractivity contribution in [3.8, 4) is 5.88 Å². The number of nitrogens with zero attached hydrogens (tertiary/aromatic N) is 3. The molecule has 0 amide bonds. The van der Waals surface area contributed by atoms with Crippen molar-refractivity contribution in [2.45, 2.75) is 71.6 Å². The minimum absolute atomic E-state index is 0.283. The number of ether oxygens (including phenoxy) is 1. The number of aliphatic imine (C=N–C) groups is 1. The van der Waals surface area contributed by atoms with Crippen LogP contribution in [-0.2, 0) is 13.1 Å². The zero-order valence-corrected chi connectivity index (χ0v) is 17.1. The van der Waals surface area contributed by atoms with Crippen LogP contribution in [0.2, 0.25) is 0 Å². The van der Waals surface area contributed by atoms with Crippen molar-refractivity contribution < 1.29 is 9.26 Å². The van der Waals surface area contributed by atoms with Gasteiger partial charge in [0.25, 0.3) is 0 Å². The summed E-state index contributed by atoms with van der Waals surface area (Å²) >= 11 is 0. The van der Waals surface area contributed by atoms with Gasteiger partial charge in [-0.3, -0.25) is 0 Å². The molecular formula is C21H31N5O2. The van der Waals surface area contributed by atoms with E-state index in [2.05, 4.69) is 39.6 Å². The Hall–Kier alpha value is -2.57. The van der Waals surface area contributed by atoms with Gasteiger partial charge in [-0.15, -0.1) is 0 Å². The molecule has 2 N–H and O–H groups in total. The molecule has 0 saturated heterocycles. The van der Waals surface area contributed by atoms with Crippen molar-refractivity contribution in [3.05, 3.63) is 41.4 Å². The third kappa shape index (κ3) is 5.71. The maximum absolute atomic E-state index is 6.11. The molecule has 0 unspecified atom stereocenters. The largest absolute Gasteiger partial charge is 0.474 e. The number of hydrogen-bond acceptors (Lipinski definition) is 5. The Morgan fingerprint density at radius 2 is 2.14 bits per heavy atom. The molecule has 1 aliphatic rings. The summed E-state index contributed by atoms with van der Waals surface area (Å²) in [5.41, 5.74) is 1.95. The van der Waals surface area contributed by atoms with Crippen LogP contribution < -0.4 is 15.4 Å². The van der Waals surface area contributed by atoms with Crippen LogP contribution in [-0.4, -0.2) is 28.7 Å². The molecule has 2 aromatic heterocycles. The SMILES string of the molecule is CCNC(=NCc1cccnc1OC1CCCC1)NCc1cc(C(C)C)no1. The fourth-order valence-electron chi connectivity index (χ4n) is 3.18. The lowest BCUT2D eigenvalue weighted by atomic mass is 10.1. The monoisotopic (exact) mass is 385 g/mol. The Morgan fingerprint density at radius 1 is 1.32 bits per heavy atom. The van der Waals surface area contributed by atoms with Crippen LogP contribution in [0.25, 0.3) is 0 Å². The molecule has 0 bridgehead atoms. The van der Waals surface area contributed by atoms with E-state index >= 15 is 0 Å². The van der Waals surface area contributed by atoms with Crippen LogP contribution in [0, 0.1) is 0 Å². The molecule has 2 heterocycles. The Morgan fingerprint density at radius 3 is 2.86 bits per heavy atom. The van der Waals surface area contributed by atoms with Gasteiger partial charge in [0.2, 0.25) is 5.88 Å². The molecule has 7 heteroatoms. The normalized spacial score (nSPS) is 15.2. The highest BCUT2D eigenvalue weighted by Gasteiger charge is 2.18. The summed E-state index contributed by atoms with van der Waals surface area (Å²) in [6.45, 7) is 8.04. The fraction of sp³-hybridized carbons (Fsp3) is 0.571. The van der Waals surface area contributed by atoms with Gasteiger partial charge in [0, 0.05) is 24.4 Å². The molecule has 3 rings (SSSR count). The molecule has 152 valence electrons. The maximum atomic E-state index is 6.11. The molecule has 1 fully saturated rings.